The van der Waals surface area contributed by atoms with E-state index in [1.165, 1.54) is 32.4 Å². The number of tetrazole rings is 1. The monoisotopic (exact) mass is 284 g/mol. The van der Waals surface area contributed by atoms with Gasteiger partial charge in [0.2, 0.25) is 0 Å². The van der Waals surface area contributed by atoms with Crippen LogP contribution >= 0.6 is 0 Å². The zero-order chi connectivity index (χ0) is 14.2. The van der Waals surface area contributed by atoms with Crippen molar-refractivity contribution in [3.05, 3.63) is 24.3 Å². The van der Waals surface area contributed by atoms with Crippen LogP contribution in [0.25, 0.3) is 11.4 Å². The van der Waals surface area contributed by atoms with Gasteiger partial charge in [-0.2, -0.15) is 0 Å². The molecule has 4 rings (SSSR count). The zero-order valence-corrected chi connectivity index (χ0v) is 12.2. The van der Waals surface area contributed by atoms with E-state index in [0.29, 0.717) is 12.1 Å². The van der Waals surface area contributed by atoms with Gasteiger partial charge >= 0.3 is 0 Å². The molecular formula is C15H20N6. The van der Waals surface area contributed by atoms with E-state index in [9.17, 15) is 0 Å². The van der Waals surface area contributed by atoms with Crippen molar-refractivity contribution in [2.45, 2.75) is 31.3 Å². The molecule has 2 aliphatic rings. The number of aryl methyl sites for hydroxylation is 1. The van der Waals surface area contributed by atoms with Crippen molar-refractivity contribution >= 4 is 5.69 Å². The minimum absolute atomic E-state index is 0.570. The van der Waals surface area contributed by atoms with Crippen LogP contribution in [0.15, 0.2) is 24.3 Å². The second-order valence-electron chi connectivity index (χ2n) is 5.99. The Morgan fingerprint density at radius 1 is 1.24 bits per heavy atom. The molecular weight excluding hydrogens is 264 g/mol. The predicted octanol–water partition coefficient (Wildman–Crippen LogP) is 1.53. The molecule has 1 aromatic carbocycles. The Hall–Kier alpha value is -1.95. The third-order valence-corrected chi connectivity index (χ3v) is 4.70. The summed E-state index contributed by atoms with van der Waals surface area (Å²) in [5, 5.41) is 15.4. The summed E-state index contributed by atoms with van der Waals surface area (Å²) < 4.78 is 1.70. The molecule has 0 radical (unpaired) electrons. The van der Waals surface area contributed by atoms with Crippen molar-refractivity contribution in [3.8, 4) is 11.4 Å². The SMILES string of the molecule is Cn1nnnc1-c1cccc(NC2CCN3CCCC23)c1. The molecule has 0 bridgehead atoms. The second-order valence-corrected chi connectivity index (χ2v) is 5.99. The molecule has 6 heteroatoms. The molecule has 3 heterocycles. The average molecular weight is 284 g/mol. The van der Waals surface area contributed by atoms with Crippen molar-refractivity contribution in [1.29, 1.82) is 0 Å². The normalized spacial score (nSPS) is 25.2. The van der Waals surface area contributed by atoms with E-state index in [-0.39, 0.29) is 0 Å². The fourth-order valence-corrected chi connectivity index (χ4v) is 3.69. The number of fused-ring (bicyclic) bond motifs is 1. The van der Waals surface area contributed by atoms with Gasteiger partial charge in [-0.05, 0) is 48.4 Å². The van der Waals surface area contributed by atoms with E-state index in [4.69, 9.17) is 0 Å². The van der Waals surface area contributed by atoms with E-state index >= 15 is 0 Å². The van der Waals surface area contributed by atoms with Gasteiger partial charge in [0.25, 0.3) is 0 Å². The highest BCUT2D eigenvalue weighted by atomic mass is 15.5. The van der Waals surface area contributed by atoms with Gasteiger partial charge in [-0.15, -0.1) is 5.10 Å². The maximum Gasteiger partial charge on any atom is 0.181 e. The van der Waals surface area contributed by atoms with Crippen LogP contribution in [0.4, 0.5) is 5.69 Å². The van der Waals surface area contributed by atoms with Gasteiger partial charge in [-0.1, -0.05) is 12.1 Å². The molecule has 0 aliphatic carbocycles. The smallest absolute Gasteiger partial charge is 0.181 e. The summed E-state index contributed by atoms with van der Waals surface area (Å²) in [6.07, 6.45) is 3.90. The zero-order valence-electron chi connectivity index (χ0n) is 12.2. The minimum Gasteiger partial charge on any atom is -0.381 e. The summed E-state index contributed by atoms with van der Waals surface area (Å²) in [6.45, 7) is 2.50. The molecule has 21 heavy (non-hydrogen) atoms. The molecule has 6 nitrogen and oxygen atoms in total. The Balaban J connectivity index is 1.55. The molecule has 0 spiro atoms. The summed E-state index contributed by atoms with van der Waals surface area (Å²) in [6, 6.07) is 9.67. The summed E-state index contributed by atoms with van der Waals surface area (Å²) in [7, 11) is 1.86. The van der Waals surface area contributed by atoms with Crippen LogP contribution in [-0.4, -0.2) is 50.3 Å². The van der Waals surface area contributed by atoms with Crippen LogP contribution in [0.1, 0.15) is 19.3 Å². The van der Waals surface area contributed by atoms with Crippen LogP contribution in [0.3, 0.4) is 0 Å². The Bertz CT molecular complexity index is 637. The molecule has 0 saturated carbocycles. The van der Waals surface area contributed by atoms with Crippen molar-refractivity contribution in [3.63, 3.8) is 0 Å². The lowest BCUT2D eigenvalue weighted by Gasteiger charge is -2.22. The first-order valence-electron chi connectivity index (χ1n) is 7.64. The van der Waals surface area contributed by atoms with Crippen LogP contribution in [0.5, 0.6) is 0 Å². The lowest BCUT2D eigenvalue weighted by molar-refractivity contribution is 0.318. The standard InChI is InChI=1S/C15H20N6/c1-20-15(17-18-19-20)11-4-2-5-12(10-11)16-13-7-9-21-8-3-6-14(13)21/h2,4-5,10,13-14,16H,3,6-9H2,1H3. The first kappa shape index (κ1) is 12.8. The van der Waals surface area contributed by atoms with Crippen molar-refractivity contribution < 1.29 is 0 Å². The Morgan fingerprint density at radius 3 is 3.05 bits per heavy atom. The number of nitrogens with one attached hydrogen (secondary N) is 1. The van der Waals surface area contributed by atoms with Gasteiger partial charge < -0.3 is 5.32 Å². The van der Waals surface area contributed by atoms with E-state index in [2.05, 4.69) is 43.9 Å². The van der Waals surface area contributed by atoms with Crippen LogP contribution in [0, 0.1) is 0 Å². The molecule has 2 saturated heterocycles. The predicted molar refractivity (Wildman–Crippen MR) is 80.9 cm³/mol. The Kier molecular flexibility index (Phi) is 3.11. The van der Waals surface area contributed by atoms with E-state index < -0.39 is 0 Å². The van der Waals surface area contributed by atoms with Gasteiger partial charge in [0, 0.05) is 36.9 Å². The topological polar surface area (TPSA) is 58.9 Å². The Morgan fingerprint density at radius 2 is 2.19 bits per heavy atom. The number of aromatic nitrogens is 4. The van der Waals surface area contributed by atoms with Crippen molar-refractivity contribution in [1.82, 2.24) is 25.1 Å². The fourth-order valence-electron chi connectivity index (χ4n) is 3.69. The number of hydrogen-bond donors (Lipinski definition) is 1. The van der Waals surface area contributed by atoms with E-state index in [1.807, 2.05) is 13.1 Å². The first-order valence-corrected chi connectivity index (χ1v) is 7.64. The highest BCUT2D eigenvalue weighted by Gasteiger charge is 2.36. The first-order chi connectivity index (χ1) is 10.3. The number of benzene rings is 1. The van der Waals surface area contributed by atoms with Crippen molar-refractivity contribution in [2.75, 3.05) is 18.4 Å². The fraction of sp³-hybridized carbons (Fsp3) is 0.533. The van der Waals surface area contributed by atoms with Gasteiger partial charge in [0.15, 0.2) is 5.82 Å². The molecule has 2 unspecified atom stereocenters. The molecule has 2 fully saturated rings. The number of hydrogen-bond acceptors (Lipinski definition) is 5. The maximum atomic E-state index is 4.08. The molecule has 2 aromatic rings. The largest absolute Gasteiger partial charge is 0.381 e. The Labute approximate surface area is 124 Å². The summed E-state index contributed by atoms with van der Waals surface area (Å²) >= 11 is 0. The van der Waals surface area contributed by atoms with Gasteiger partial charge in [0.1, 0.15) is 0 Å². The number of rotatable bonds is 3. The summed E-state index contributed by atoms with van der Waals surface area (Å²) in [5.41, 5.74) is 2.21. The summed E-state index contributed by atoms with van der Waals surface area (Å²) in [5.74, 6) is 0.799. The molecule has 0 amide bonds. The van der Waals surface area contributed by atoms with E-state index in [0.717, 1.165) is 17.1 Å². The molecule has 1 aromatic heterocycles. The molecule has 2 aliphatic heterocycles. The van der Waals surface area contributed by atoms with Crippen molar-refractivity contribution in [2.24, 2.45) is 7.05 Å². The average Bonchev–Trinajstić information content (AvgIpc) is 3.18. The number of anilines is 1. The van der Waals surface area contributed by atoms with Crippen LogP contribution < -0.4 is 5.32 Å². The lowest BCUT2D eigenvalue weighted by Crippen LogP contribution is -2.33. The highest BCUT2D eigenvalue weighted by molar-refractivity contribution is 5.62. The highest BCUT2D eigenvalue weighted by Crippen LogP contribution is 2.30. The minimum atomic E-state index is 0.570. The molecule has 2 atom stereocenters. The molecule has 1 N–H and O–H groups in total. The number of nitrogens with zero attached hydrogens (tertiary/aromatic N) is 5. The van der Waals surface area contributed by atoms with Crippen LogP contribution in [-0.2, 0) is 7.05 Å². The quantitative estimate of drug-likeness (QED) is 0.926. The third-order valence-electron chi connectivity index (χ3n) is 4.70. The van der Waals surface area contributed by atoms with Crippen LogP contribution in [0.2, 0.25) is 0 Å². The van der Waals surface area contributed by atoms with Gasteiger partial charge in [0.05, 0.1) is 0 Å². The van der Waals surface area contributed by atoms with Gasteiger partial charge in [-0.3, -0.25) is 4.90 Å². The third kappa shape index (κ3) is 2.29. The maximum absolute atomic E-state index is 4.08. The van der Waals surface area contributed by atoms with Gasteiger partial charge in [-0.25, -0.2) is 4.68 Å². The second kappa shape index (κ2) is 5.11. The summed E-state index contributed by atoms with van der Waals surface area (Å²) in [4.78, 5) is 2.62. The lowest BCUT2D eigenvalue weighted by atomic mass is 10.1. The van der Waals surface area contributed by atoms with E-state index in [1.54, 1.807) is 4.68 Å². The molecule has 110 valence electrons.